The summed E-state index contributed by atoms with van der Waals surface area (Å²) in [5, 5.41) is 12.5. The minimum Gasteiger partial charge on any atom is -0.464 e. The Balaban J connectivity index is 1.42. The topological polar surface area (TPSA) is 98.0 Å². The Morgan fingerprint density at radius 1 is 0.972 bits per heavy atom. The van der Waals surface area contributed by atoms with Crippen LogP contribution >= 0.6 is 0 Å². The lowest BCUT2D eigenvalue weighted by atomic mass is 9.93. The zero-order valence-corrected chi connectivity index (χ0v) is 19.4. The second-order valence-corrected chi connectivity index (χ2v) is 8.54. The SMILES string of the molecule is O=C(Nc1ccccc1)C1=C[C@@H](c2coc3ccccc3c2=O)C[C@@H](OCc2ccc(CO)cc2)O1. The van der Waals surface area contributed by atoms with E-state index < -0.39 is 18.1 Å². The maximum atomic E-state index is 13.2. The molecule has 1 aromatic heterocycles. The van der Waals surface area contributed by atoms with Crippen molar-refractivity contribution in [3.63, 3.8) is 0 Å². The summed E-state index contributed by atoms with van der Waals surface area (Å²) in [7, 11) is 0. The number of carbonyl (C=O) groups excluding carboxylic acids is 1. The van der Waals surface area contributed by atoms with Crippen LogP contribution in [-0.4, -0.2) is 17.3 Å². The third-order valence-electron chi connectivity index (χ3n) is 6.06. The molecule has 0 spiro atoms. The van der Waals surface area contributed by atoms with Gasteiger partial charge < -0.3 is 24.3 Å². The van der Waals surface area contributed by atoms with Gasteiger partial charge >= 0.3 is 0 Å². The summed E-state index contributed by atoms with van der Waals surface area (Å²) in [4.78, 5) is 26.3. The molecule has 0 bridgehead atoms. The number of amides is 1. The van der Waals surface area contributed by atoms with Crippen molar-refractivity contribution < 1.29 is 23.8 Å². The number of aliphatic hydroxyl groups excluding tert-OH is 1. The molecule has 182 valence electrons. The lowest BCUT2D eigenvalue weighted by molar-refractivity contribution is -0.147. The highest BCUT2D eigenvalue weighted by atomic mass is 16.7. The van der Waals surface area contributed by atoms with E-state index in [1.807, 2.05) is 48.5 Å². The van der Waals surface area contributed by atoms with E-state index in [9.17, 15) is 14.7 Å². The number of fused-ring (bicyclic) bond motifs is 1. The number of allylic oxidation sites excluding steroid dienone is 1. The molecule has 2 heterocycles. The smallest absolute Gasteiger partial charge is 0.290 e. The second kappa shape index (κ2) is 10.6. The van der Waals surface area contributed by atoms with E-state index in [1.54, 1.807) is 36.4 Å². The van der Waals surface area contributed by atoms with Gasteiger partial charge in [-0.2, -0.15) is 0 Å². The molecular weight excluding hydrogens is 458 g/mol. The zero-order valence-electron chi connectivity index (χ0n) is 19.4. The average molecular weight is 484 g/mol. The molecule has 0 aliphatic carbocycles. The first-order chi connectivity index (χ1) is 17.6. The van der Waals surface area contributed by atoms with E-state index in [0.717, 1.165) is 11.1 Å². The van der Waals surface area contributed by atoms with Gasteiger partial charge in [0.2, 0.25) is 6.29 Å². The Kier molecular flexibility index (Phi) is 6.93. The Morgan fingerprint density at radius 3 is 2.47 bits per heavy atom. The molecule has 5 rings (SSSR count). The zero-order chi connectivity index (χ0) is 24.9. The molecule has 2 N–H and O–H groups in total. The molecule has 1 aliphatic heterocycles. The fourth-order valence-electron chi connectivity index (χ4n) is 4.13. The van der Waals surface area contributed by atoms with Crippen LogP contribution in [0.3, 0.4) is 0 Å². The molecule has 0 saturated carbocycles. The summed E-state index contributed by atoms with van der Waals surface area (Å²) in [5.41, 5.74) is 3.11. The van der Waals surface area contributed by atoms with Crippen molar-refractivity contribution >= 4 is 22.6 Å². The largest absolute Gasteiger partial charge is 0.464 e. The van der Waals surface area contributed by atoms with Crippen molar-refractivity contribution in [2.75, 3.05) is 5.32 Å². The van der Waals surface area contributed by atoms with Crippen LogP contribution in [0.2, 0.25) is 0 Å². The van der Waals surface area contributed by atoms with Gasteiger partial charge in [-0.15, -0.1) is 0 Å². The minimum absolute atomic E-state index is 0.0342. The predicted octanol–water partition coefficient (Wildman–Crippen LogP) is 4.85. The number of hydrogen-bond acceptors (Lipinski definition) is 6. The lowest BCUT2D eigenvalue weighted by Gasteiger charge is -2.29. The van der Waals surface area contributed by atoms with E-state index >= 15 is 0 Å². The van der Waals surface area contributed by atoms with Crippen molar-refractivity contribution in [1.29, 1.82) is 0 Å². The molecule has 4 aromatic rings. The number of hydrogen-bond donors (Lipinski definition) is 2. The number of rotatable bonds is 7. The molecule has 0 fully saturated rings. The summed E-state index contributed by atoms with van der Waals surface area (Å²) in [6, 6.07) is 23.5. The molecule has 0 saturated heterocycles. The maximum absolute atomic E-state index is 13.2. The minimum atomic E-state index is -0.764. The van der Waals surface area contributed by atoms with Crippen LogP contribution in [0.4, 0.5) is 5.69 Å². The Labute approximate surface area is 207 Å². The number of carbonyl (C=O) groups is 1. The Bertz CT molecular complexity index is 1440. The van der Waals surface area contributed by atoms with Gasteiger partial charge in [0, 0.05) is 23.6 Å². The summed E-state index contributed by atoms with van der Waals surface area (Å²) < 4.78 is 17.7. The van der Waals surface area contributed by atoms with Gasteiger partial charge in [0.15, 0.2) is 11.2 Å². The number of nitrogens with one attached hydrogen (secondary N) is 1. The van der Waals surface area contributed by atoms with Crippen molar-refractivity contribution in [3.05, 3.63) is 124 Å². The number of anilines is 1. The van der Waals surface area contributed by atoms with Crippen LogP contribution in [-0.2, 0) is 27.5 Å². The molecule has 7 heteroatoms. The monoisotopic (exact) mass is 483 g/mol. The summed E-state index contributed by atoms with van der Waals surface area (Å²) in [5.74, 6) is -0.807. The fourth-order valence-corrected chi connectivity index (χ4v) is 4.13. The Hall–Kier alpha value is -4.20. The standard InChI is InChI=1S/C29H25NO6/c31-16-19-10-12-20(13-11-19)17-35-27-15-21(24-18-34-25-9-5-4-8-23(25)28(24)32)14-26(36-27)29(33)30-22-6-2-1-3-7-22/h1-14,18,21,27,31H,15-17H2,(H,30,33)/t21-,27+/m1/s1. The van der Waals surface area contributed by atoms with Gasteiger partial charge in [-0.25, -0.2) is 0 Å². The maximum Gasteiger partial charge on any atom is 0.290 e. The van der Waals surface area contributed by atoms with Crippen LogP contribution < -0.4 is 10.7 Å². The molecular formula is C29H25NO6. The summed E-state index contributed by atoms with van der Waals surface area (Å²) in [6.07, 6.45) is 2.67. The van der Waals surface area contributed by atoms with Crippen molar-refractivity contribution in [3.8, 4) is 0 Å². The molecule has 3 aromatic carbocycles. The van der Waals surface area contributed by atoms with Crippen LogP contribution in [0.1, 0.15) is 29.0 Å². The van der Waals surface area contributed by atoms with Crippen molar-refractivity contribution in [2.45, 2.75) is 31.8 Å². The highest BCUT2D eigenvalue weighted by molar-refractivity contribution is 6.02. The average Bonchev–Trinajstić information content (AvgIpc) is 2.93. The van der Waals surface area contributed by atoms with E-state index in [1.165, 1.54) is 6.26 Å². The second-order valence-electron chi connectivity index (χ2n) is 8.54. The van der Waals surface area contributed by atoms with Gasteiger partial charge in [-0.05, 0) is 41.5 Å². The number of para-hydroxylation sites is 2. The number of benzene rings is 3. The van der Waals surface area contributed by atoms with Crippen LogP contribution in [0.5, 0.6) is 0 Å². The Morgan fingerprint density at radius 2 is 1.69 bits per heavy atom. The first-order valence-corrected chi connectivity index (χ1v) is 11.7. The first kappa shape index (κ1) is 23.5. The highest BCUT2D eigenvalue weighted by Crippen LogP contribution is 2.32. The van der Waals surface area contributed by atoms with E-state index in [2.05, 4.69) is 5.32 Å². The summed E-state index contributed by atoms with van der Waals surface area (Å²) >= 11 is 0. The molecule has 0 radical (unpaired) electrons. The van der Waals surface area contributed by atoms with Crippen LogP contribution in [0, 0.1) is 0 Å². The molecule has 36 heavy (non-hydrogen) atoms. The fraction of sp³-hybridized carbons (Fsp3) is 0.172. The number of aliphatic hydroxyl groups is 1. The highest BCUT2D eigenvalue weighted by Gasteiger charge is 2.31. The molecule has 1 aliphatic rings. The first-order valence-electron chi connectivity index (χ1n) is 11.7. The van der Waals surface area contributed by atoms with E-state index in [-0.39, 0.29) is 24.4 Å². The predicted molar refractivity (Wildman–Crippen MR) is 135 cm³/mol. The molecule has 1 amide bonds. The summed E-state index contributed by atoms with van der Waals surface area (Å²) in [6.45, 7) is 0.205. The third kappa shape index (κ3) is 5.22. The van der Waals surface area contributed by atoms with Gasteiger partial charge in [-0.3, -0.25) is 9.59 Å². The van der Waals surface area contributed by atoms with Gasteiger partial charge in [-0.1, -0.05) is 54.6 Å². The van der Waals surface area contributed by atoms with Gasteiger partial charge in [0.05, 0.1) is 24.9 Å². The quantitative estimate of drug-likeness (QED) is 0.390. The molecule has 7 nitrogen and oxygen atoms in total. The van der Waals surface area contributed by atoms with Crippen molar-refractivity contribution in [1.82, 2.24) is 0 Å². The molecule has 2 atom stereocenters. The van der Waals surface area contributed by atoms with Gasteiger partial charge in [0.1, 0.15) is 5.58 Å². The lowest BCUT2D eigenvalue weighted by Crippen LogP contribution is -2.30. The van der Waals surface area contributed by atoms with Crippen molar-refractivity contribution in [2.24, 2.45) is 0 Å². The normalized spacial score (nSPS) is 17.3. The third-order valence-corrected chi connectivity index (χ3v) is 6.06. The number of ether oxygens (including phenoxy) is 2. The van der Waals surface area contributed by atoms with Gasteiger partial charge in [0.25, 0.3) is 5.91 Å². The molecule has 0 unspecified atom stereocenters. The van der Waals surface area contributed by atoms with E-state index in [4.69, 9.17) is 13.9 Å². The van der Waals surface area contributed by atoms with E-state index in [0.29, 0.717) is 28.6 Å². The van der Waals surface area contributed by atoms with Crippen LogP contribution in [0.15, 0.2) is 106 Å². The van der Waals surface area contributed by atoms with Crippen LogP contribution in [0.25, 0.3) is 11.0 Å².